The molecule has 0 amide bonds. The minimum atomic E-state index is -3.71. The van der Waals surface area contributed by atoms with Gasteiger partial charge in [-0.3, -0.25) is 0 Å². The van der Waals surface area contributed by atoms with Crippen molar-refractivity contribution in [3.05, 3.63) is 18.2 Å². The fraction of sp³-hybridized carbons (Fsp3) is 0.333. The van der Waals surface area contributed by atoms with Crippen LogP contribution in [0.5, 0.6) is 11.5 Å². The fourth-order valence-electron chi connectivity index (χ4n) is 1.30. The first-order valence-corrected chi connectivity index (χ1v) is 6.72. The summed E-state index contributed by atoms with van der Waals surface area (Å²) >= 11 is 0. The zero-order valence-corrected chi connectivity index (χ0v) is 9.35. The second kappa shape index (κ2) is 3.90. The SMILES string of the molecule is O=S(=O)(Cl)c1ccc2c(c1)OCCCO2. The standard InChI is InChI=1S/C9H9ClO4S/c10-15(11,12)7-2-3-8-9(6-7)14-5-1-4-13-8/h2-3,6H,1,4-5H2. The number of benzene rings is 1. The average Bonchev–Trinajstić information content (AvgIpc) is 2.39. The molecule has 0 N–H and O–H groups in total. The summed E-state index contributed by atoms with van der Waals surface area (Å²) in [5, 5.41) is 0. The third kappa shape index (κ3) is 2.35. The second-order valence-corrected chi connectivity index (χ2v) is 5.66. The highest BCUT2D eigenvalue weighted by Gasteiger charge is 2.16. The van der Waals surface area contributed by atoms with Crippen molar-refractivity contribution < 1.29 is 17.9 Å². The molecule has 1 aliphatic heterocycles. The van der Waals surface area contributed by atoms with E-state index in [0.29, 0.717) is 24.7 Å². The lowest BCUT2D eigenvalue weighted by Crippen LogP contribution is -1.97. The van der Waals surface area contributed by atoms with Crippen LogP contribution in [0, 0.1) is 0 Å². The number of halogens is 1. The summed E-state index contributed by atoms with van der Waals surface area (Å²) in [6.07, 6.45) is 0.775. The summed E-state index contributed by atoms with van der Waals surface area (Å²) in [5.74, 6) is 0.978. The van der Waals surface area contributed by atoms with Gasteiger partial charge in [0.15, 0.2) is 11.5 Å². The molecule has 0 aromatic heterocycles. The summed E-state index contributed by atoms with van der Waals surface area (Å²) in [6, 6.07) is 4.33. The Bertz CT molecular complexity index is 469. The van der Waals surface area contributed by atoms with Crippen molar-refractivity contribution in [3.63, 3.8) is 0 Å². The Morgan fingerprint density at radius 1 is 1.13 bits per heavy atom. The van der Waals surface area contributed by atoms with E-state index in [-0.39, 0.29) is 4.90 Å². The molecule has 2 rings (SSSR count). The Morgan fingerprint density at radius 3 is 2.47 bits per heavy atom. The molecule has 0 unspecified atom stereocenters. The maximum absolute atomic E-state index is 11.1. The van der Waals surface area contributed by atoms with E-state index in [0.717, 1.165) is 6.42 Å². The Balaban J connectivity index is 2.45. The molecule has 0 aliphatic carbocycles. The van der Waals surface area contributed by atoms with E-state index >= 15 is 0 Å². The molecule has 0 atom stereocenters. The Hall–Kier alpha value is -0.940. The number of ether oxygens (including phenoxy) is 2. The molecule has 0 fully saturated rings. The molecular weight excluding hydrogens is 240 g/mol. The molecule has 1 aliphatic rings. The van der Waals surface area contributed by atoms with Gasteiger partial charge in [-0.1, -0.05) is 0 Å². The molecular formula is C9H9ClO4S. The molecule has 0 saturated carbocycles. The lowest BCUT2D eigenvalue weighted by atomic mass is 10.3. The predicted molar refractivity (Wildman–Crippen MR) is 55.1 cm³/mol. The normalized spacial score (nSPS) is 15.8. The lowest BCUT2D eigenvalue weighted by molar-refractivity contribution is 0.297. The highest BCUT2D eigenvalue weighted by Crippen LogP contribution is 2.32. The predicted octanol–water partition coefficient (Wildman–Crippen LogP) is 1.78. The van der Waals surface area contributed by atoms with Crippen LogP contribution in [0.3, 0.4) is 0 Å². The van der Waals surface area contributed by atoms with Crippen molar-refractivity contribution in [2.45, 2.75) is 11.3 Å². The molecule has 6 heteroatoms. The van der Waals surface area contributed by atoms with E-state index in [2.05, 4.69) is 0 Å². The van der Waals surface area contributed by atoms with Crippen LogP contribution in [0.4, 0.5) is 0 Å². The van der Waals surface area contributed by atoms with Gasteiger partial charge in [-0.2, -0.15) is 0 Å². The quantitative estimate of drug-likeness (QED) is 0.711. The van der Waals surface area contributed by atoms with Gasteiger partial charge in [0.05, 0.1) is 18.1 Å². The topological polar surface area (TPSA) is 52.6 Å². The van der Waals surface area contributed by atoms with Gasteiger partial charge >= 0.3 is 0 Å². The highest BCUT2D eigenvalue weighted by atomic mass is 35.7. The van der Waals surface area contributed by atoms with Crippen molar-refractivity contribution in [1.29, 1.82) is 0 Å². The summed E-state index contributed by atoms with van der Waals surface area (Å²) in [4.78, 5) is 0.0217. The fourth-order valence-corrected chi connectivity index (χ4v) is 2.06. The molecule has 1 aromatic carbocycles. The Morgan fingerprint density at radius 2 is 1.80 bits per heavy atom. The van der Waals surface area contributed by atoms with Crippen LogP contribution in [-0.2, 0) is 9.05 Å². The lowest BCUT2D eigenvalue weighted by Gasteiger charge is -2.07. The van der Waals surface area contributed by atoms with Crippen LogP contribution < -0.4 is 9.47 Å². The minimum Gasteiger partial charge on any atom is -0.490 e. The van der Waals surface area contributed by atoms with Crippen LogP contribution in [0.2, 0.25) is 0 Å². The molecule has 1 aromatic rings. The maximum atomic E-state index is 11.1. The first kappa shape index (κ1) is 10.6. The molecule has 0 saturated heterocycles. The number of rotatable bonds is 1. The zero-order chi connectivity index (χ0) is 10.9. The Labute approximate surface area is 92.2 Å². The van der Waals surface area contributed by atoms with Crippen molar-refractivity contribution in [2.75, 3.05) is 13.2 Å². The first-order valence-electron chi connectivity index (χ1n) is 4.42. The van der Waals surface area contributed by atoms with Gasteiger partial charge in [0.2, 0.25) is 0 Å². The summed E-state index contributed by atoms with van der Waals surface area (Å²) in [6.45, 7) is 1.08. The molecule has 0 spiro atoms. The van der Waals surface area contributed by atoms with Gasteiger partial charge in [-0.05, 0) is 12.1 Å². The van der Waals surface area contributed by atoms with Gasteiger partial charge in [0, 0.05) is 23.2 Å². The van der Waals surface area contributed by atoms with Crippen molar-refractivity contribution in [3.8, 4) is 11.5 Å². The van der Waals surface area contributed by atoms with Crippen LogP contribution in [-0.4, -0.2) is 21.6 Å². The molecule has 82 valence electrons. The largest absolute Gasteiger partial charge is 0.490 e. The highest BCUT2D eigenvalue weighted by molar-refractivity contribution is 8.13. The second-order valence-electron chi connectivity index (χ2n) is 3.10. The molecule has 1 heterocycles. The number of hydrogen-bond acceptors (Lipinski definition) is 4. The van der Waals surface area contributed by atoms with E-state index in [1.54, 1.807) is 6.07 Å². The maximum Gasteiger partial charge on any atom is 0.261 e. The number of fused-ring (bicyclic) bond motifs is 1. The van der Waals surface area contributed by atoms with E-state index < -0.39 is 9.05 Å². The van der Waals surface area contributed by atoms with Crippen LogP contribution in [0.15, 0.2) is 23.1 Å². The first-order chi connectivity index (χ1) is 7.07. The third-order valence-electron chi connectivity index (χ3n) is 2.00. The van der Waals surface area contributed by atoms with E-state index in [9.17, 15) is 8.42 Å². The van der Waals surface area contributed by atoms with Crippen molar-refractivity contribution >= 4 is 19.7 Å². The van der Waals surface area contributed by atoms with Crippen molar-refractivity contribution in [1.82, 2.24) is 0 Å². The van der Waals surface area contributed by atoms with Crippen LogP contribution in [0.1, 0.15) is 6.42 Å². The van der Waals surface area contributed by atoms with E-state index in [1.807, 2.05) is 0 Å². The summed E-state index contributed by atoms with van der Waals surface area (Å²) in [7, 11) is 1.51. The van der Waals surface area contributed by atoms with Gasteiger partial charge < -0.3 is 9.47 Å². The van der Waals surface area contributed by atoms with E-state index in [4.69, 9.17) is 20.2 Å². The number of hydrogen-bond donors (Lipinski definition) is 0. The van der Waals surface area contributed by atoms with Crippen LogP contribution >= 0.6 is 10.7 Å². The average molecular weight is 249 g/mol. The van der Waals surface area contributed by atoms with E-state index in [1.165, 1.54) is 12.1 Å². The molecule has 15 heavy (non-hydrogen) atoms. The minimum absolute atomic E-state index is 0.0217. The van der Waals surface area contributed by atoms with Gasteiger partial charge in [0.1, 0.15) is 0 Å². The molecule has 0 bridgehead atoms. The van der Waals surface area contributed by atoms with Gasteiger partial charge in [-0.25, -0.2) is 8.42 Å². The van der Waals surface area contributed by atoms with Gasteiger partial charge in [-0.15, -0.1) is 0 Å². The monoisotopic (exact) mass is 248 g/mol. The summed E-state index contributed by atoms with van der Waals surface area (Å²) < 4.78 is 32.8. The van der Waals surface area contributed by atoms with Gasteiger partial charge in [0.25, 0.3) is 9.05 Å². The van der Waals surface area contributed by atoms with Crippen LogP contribution in [0.25, 0.3) is 0 Å². The summed E-state index contributed by atoms with van der Waals surface area (Å²) in [5.41, 5.74) is 0. The zero-order valence-electron chi connectivity index (χ0n) is 7.77. The molecule has 4 nitrogen and oxygen atoms in total. The molecule has 0 radical (unpaired) electrons. The van der Waals surface area contributed by atoms with Crippen molar-refractivity contribution in [2.24, 2.45) is 0 Å². The third-order valence-corrected chi connectivity index (χ3v) is 3.35. The Kier molecular flexibility index (Phi) is 2.75. The smallest absolute Gasteiger partial charge is 0.261 e.